The molecule has 0 aliphatic heterocycles. The summed E-state index contributed by atoms with van der Waals surface area (Å²) in [6.45, 7) is 2.04. The maximum atomic E-state index is 12.9. The van der Waals surface area contributed by atoms with Gasteiger partial charge in [0.05, 0.1) is 11.4 Å². The minimum absolute atomic E-state index is 0.0603. The van der Waals surface area contributed by atoms with E-state index in [1.54, 1.807) is 0 Å². The van der Waals surface area contributed by atoms with Gasteiger partial charge < -0.3 is 5.32 Å². The van der Waals surface area contributed by atoms with Gasteiger partial charge in [-0.3, -0.25) is 4.79 Å². The first-order chi connectivity index (χ1) is 13.6. The number of rotatable bonds is 7. The van der Waals surface area contributed by atoms with Gasteiger partial charge in [-0.2, -0.15) is 0 Å². The zero-order chi connectivity index (χ0) is 19.5. The van der Waals surface area contributed by atoms with Crippen LogP contribution in [0.1, 0.15) is 53.8 Å². The standard InChI is InChI=1S/C22H23BrN4O/c1-15(7-8-16-9-13-18(23)14-10-16)24-22(28)20-21(17-11-12-17)27(26-25-20)19-5-3-2-4-6-19/h2-6,9-10,13-15,17H,7-8,11-12H2,1H3,(H,24,28). The molecule has 1 saturated carbocycles. The molecule has 3 aromatic rings. The molecule has 2 aromatic carbocycles. The summed E-state index contributed by atoms with van der Waals surface area (Å²) in [7, 11) is 0. The van der Waals surface area contributed by atoms with Crippen molar-refractivity contribution in [3.8, 4) is 5.69 Å². The smallest absolute Gasteiger partial charge is 0.273 e. The third-order valence-electron chi connectivity index (χ3n) is 5.04. The Labute approximate surface area is 173 Å². The van der Waals surface area contributed by atoms with Gasteiger partial charge in [0.1, 0.15) is 0 Å². The van der Waals surface area contributed by atoms with Gasteiger partial charge in [-0.1, -0.05) is 51.5 Å². The van der Waals surface area contributed by atoms with Gasteiger partial charge in [-0.25, -0.2) is 4.68 Å². The van der Waals surface area contributed by atoms with Crippen LogP contribution >= 0.6 is 15.9 Å². The number of hydrogen-bond donors (Lipinski definition) is 1. The number of aryl methyl sites for hydroxylation is 1. The molecule has 6 heteroatoms. The van der Waals surface area contributed by atoms with E-state index in [2.05, 4.69) is 43.7 Å². The Morgan fingerprint density at radius 1 is 1.18 bits per heavy atom. The lowest BCUT2D eigenvalue weighted by atomic mass is 10.1. The summed E-state index contributed by atoms with van der Waals surface area (Å²) >= 11 is 3.45. The summed E-state index contributed by atoms with van der Waals surface area (Å²) in [5.41, 5.74) is 3.60. The van der Waals surface area contributed by atoms with Gasteiger partial charge in [0.25, 0.3) is 5.91 Å². The Morgan fingerprint density at radius 2 is 1.89 bits per heavy atom. The molecule has 4 rings (SSSR count). The molecule has 1 N–H and O–H groups in total. The first kappa shape index (κ1) is 18.9. The number of nitrogens with one attached hydrogen (secondary N) is 1. The van der Waals surface area contributed by atoms with E-state index in [0.29, 0.717) is 11.6 Å². The molecule has 1 amide bonds. The molecule has 1 fully saturated rings. The zero-order valence-corrected chi connectivity index (χ0v) is 17.4. The zero-order valence-electron chi connectivity index (χ0n) is 15.8. The molecule has 28 heavy (non-hydrogen) atoms. The largest absolute Gasteiger partial charge is 0.348 e. The van der Waals surface area contributed by atoms with Crippen molar-refractivity contribution in [2.75, 3.05) is 0 Å². The molecule has 1 aromatic heterocycles. The van der Waals surface area contributed by atoms with E-state index in [0.717, 1.165) is 41.5 Å². The van der Waals surface area contributed by atoms with E-state index in [4.69, 9.17) is 0 Å². The van der Waals surface area contributed by atoms with Crippen molar-refractivity contribution >= 4 is 21.8 Å². The van der Waals surface area contributed by atoms with Gasteiger partial charge >= 0.3 is 0 Å². The lowest BCUT2D eigenvalue weighted by Gasteiger charge is -2.14. The summed E-state index contributed by atoms with van der Waals surface area (Å²) in [5.74, 6) is 0.237. The average molecular weight is 439 g/mol. The molecule has 5 nitrogen and oxygen atoms in total. The average Bonchev–Trinajstić information content (AvgIpc) is 3.45. The third-order valence-corrected chi connectivity index (χ3v) is 5.57. The molecule has 1 heterocycles. The molecule has 0 radical (unpaired) electrons. The molecule has 1 unspecified atom stereocenters. The Balaban J connectivity index is 1.44. The van der Waals surface area contributed by atoms with Crippen LogP contribution in [0.15, 0.2) is 59.1 Å². The number of hydrogen-bond acceptors (Lipinski definition) is 3. The predicted molar refractivity (Wildman–Crippen MR) is 113 cm³/mol. The highest BCUT2D eigenvalue weighted by Crippen LogP contribution is 2.41. The van der Waals surface area contributed by atoms with Crippen molar-refractivity contribution < 1.29 is 4.79 Å². The van der Waals surface area contributed by atoms with E-state index in [1.165, 1.54) is 5.56 Å². The SMILES string of the molecule is CC(CCc1ccc(Br)cc1)NC(=O)c1nnn(-c2ccccc2)c1C1CC1. The lowest BCUT2D eigenvalue weighted by Crippen LogP contribution is -2.33. The van der Waals surface area contributed by atoms with Crippen LogP contribution < -0.4 is 5.32 Å². The highest BCUT2D eigenvalue weighted by atomic mass is 79.9. The van der Waals surface area contributed by atoms with Crippen LogP contribution in [-0.2, 0) is 6.42 Å². The predicted octanol–water partition coefficient (Wildman–Crippen LogP) is 4.66. The number of para-hydroxylation sites is 1. The molecule has 1 atom stereocenters. The van der Waals surface area contributed by atoms with Crippen LogP contribution in [0.4, 0.5) is 0 Å². The number of carbonyl (C=O) groups is 1. The number of halogens is 1. The molecule has 1 aliphatic carbocycles. The maximum absolute atomic E-state index is 12.9. The number of benzene rings is 2. The number of carbonyl (C=O) groups excluding carboxylic acids is 1. The van der Waals surface area contributed by atoms with Gasteiger partial charge in [-0.15, -0.1) is 5.10 Å². The second kappa shape index (κ2) is 8.27. The number of aromatic nitrogens is 3. The quantitative estimate of drug-likeness (QED) is 0.583. The Morgan fingerprint density at radius 3 is 2.57 bits per heavy atom. The van der Waals surface area contributed by atoms with E-state index in [9.17, 15) is 4.79 Å². The number of nitrogens with zero attached hydrogens (tertiary/aromatic N) is 3. The normalized spacial score (nSPS) is 14.6. The summed E-state index contributed by atoms with van der Waals surface area (Å²) in [6, 6.07) is 18.2. The lowest BCUT2D eigenvalue weighted by molar-refractivity contribution is 0.0932. The van der Waals surface area contributed by atoms with E-state index in [-0.39, 0.29) is 11.9 Å². The summed E-state index contributed by atoms with van der Waals surface area (Å²) in [4.78, 5) is 12.9. The minimum atomic E-state index is -0.132. The monoisotopic (exact) mass is 438 g/mol. The fourth-order valence-electron chi connectivity index (χ4n) is 3.33. The molecular formula is C22H23BrN4O. The van der Waals surface area contributed by atoms with Gasteiger partial charge in [-0.05, 0) is 62.4 Å². The highest BCUT2D eigenvalue weighted by Gasteiger charge is 2.34. The molecular weight excluding hydrogens is 416 g/mol. The third kappa shape index (κ3) is 4.33. The summed E-state index contributed by atoms with van der Waals surface area (Å²) < 4.78 is 2.89. The van der Waals surface area contributed by atoms with Crippen LogP contribution in [0, 0.1) is 0 Å². The van der Waals surface area contributed by atoms with Crippen LogP contribution in [0.2, 0.25) is 0 Å². The van der Waals surface area contributed by atoms with Crippen molar-refractivity contribution in [2.24, 2.45) is 0 Å². The number of amides is 1. The summed E-state index contributed by atoms with van der Waals surface area (Å²) in [6.07, 6.45) is 3.96. The van der Waals surface area contributed by atoms with Gasteiger partial charge in [0.2, 0.25) is 0 Å². The van der Waals surface area contributed by atoms with E-state index < -0.39 is 0 Å². The fourth-order valence-corrected chi connectivity index (χ4v) is 3.60. The van der Waals surface area contributed by atoms with Crippen molar-refractivity contribution in [1.29, 1.82) is 0 Å². The first-order valence-corrected chi connectivity index (χ1v) is 10.5. The van der Waals surface area contributed by atoms with Crippen LogP contribution in [0.3, 0.4) is 0 Å². The minimum Gasteiger partial charge on any atom is -0.348 e. The van der Waals surface area contributed by atoms with Crippen molar-refractivity contribution in [3.63, 3.8) is 0 Å². The topological polar surface area (TPSA) is 59.8 Å². The van der Waals surface area contributed by atoms with Gasteiger partial charge in [0.15, 0.2) is 5.69 Å². The van der Waals surface area contributed by atoms with Crippen LogP contribution in [0.25, 0.3) is 5.69 Å². The Hall–Kier alpha value is -2.47. The van der Waals surface area contributed by atoms with E-state index in [1.807, 2.05) is 54.1 Å². The van der Waals surface area contributed by atoms with Crippen LogP contribution in [-0.4, -0.2) is 26.9 Å². The maximum Gasteiger partial charge on any atom is 0.273 e. The molecule has 0 spiro atoms. The van der Waals surface area contributed by atoms with Crippen LogP contribution in [0.5, 0.6) is 0 Å². The van der Waals surface area contributed by atoms with Crippen molar-refractivity contribution in [2.45, 2.75) is 44.6 Å². The summed E-state index contributed by atoms with van der Waals surface area (Å²) in [5, 5.41) is 11.6. The Kier molecular flexibility index (Phi) is 5.57. The Bertz CT molecular complexity index is 948. The second-order valence-corrected chi connectivity index (χ2v) is 8.30. The molecule has 144 valence electrons. The molecule has 0 bridgehead atoms. The molecule has 0 saturated heterocycles. The first-order valence-electron chi connectivity index (χ1n) is 9.68. The van der Waals surface area contributed by atoms with Gasteiger partial charge in [0, 0.05) is 16.4 Å². The molecule has 1 aliphatic rings. The highest BCUT2D eigenvalue weighted by molar-refractivity contribution is 9.10. The van der Waals surface area contributed by atoms with Crippen molar-refractivity contribution in [3.05, 3.63) is 76.0 Å². The van der Waals surface area contributed by atoms with E-state index >= 15 is 0 Å². The van der Waals surface area contributed by atoms with Crippen molar-refractivity contribution in [1.82, 2.24) is 20.3 Å². The second-order valence-electron chi connectivity index (χ2n) is 7.38. The fraction of sp³-hybridized carbons (Fsp3) is 0.318.